The Morgan fingerprint density at radius 3 is 2.30 bits per heavy atom. The first-order valence-electron chi connectivity index (χ1n) is 6.52. The van der Waals surface area contributed by atoms with E-state index in [1.165, 1.54) is 4.31 Å². The SMILES string of the molecule is Cl.[B]C(CCCC)(C(=O)O)C1CCN(S(N)(=O)=O)CC1. The zero-order valence-corrected chi connectivity index (χ0v) is 13.3. The van der Waals surface area contributed by atoms with E-state index in [4.69, 9.17) is 13.0 Å². The Morgan fingerprint density at radius 1 is 1.45 bits per heavy atom. The Bertz CT molecular complexity index is 426. The molecule has 9 heteroatoms. The van der Waals surface area contributed by atoms with Crippen molar-refractivity contribution in [3.63, 3.8) is 0 Å². The fourth-order valence-corrected chi connectivity index (χ4v) is 3.30. The number of piperidine rings is 1. The maximum absolute atomic E-state index is 11.4. The topological polar surface area (TPSA) is 101 Å². The minimum atomic E-state index is -3.69. The van der Waals surface area contributed by atoms with Crippen molar-refractivity contribution in [2.45, 2.75) is 44.3 Å². The minimum Gasteiger partial charge on any atom is -0.481 e. The van der Waals surface area contributed by atoms with Crippen molar-refractivity contribution in [3.05, 3.63) is 0 Å². The number of rotatable bonds is 6. The molecule has 0 aliphatic carbocycles. The number of hydrogen-bond donors (Lipinski definition) is 2. The Morgan fingerprint density at radius 2 is 1.95 bits per heavy atom. The third kappa shape index (κ3) is 4.61. The van der Waals surface area contributed by atoms with Crippen LogP contribution < -0.4 is 5.14 Å². The third-order valence-corrected chi connectivity index (χ3v) is 4.97. The van der Waals surface area contributed by atoms with Crippen molar-refractivity contribution in [2.24, 2.45) is 11.1 Å². The van der Waals surface area contributed by atoms with Gasteiger partial charge in [0.25, 0.3) is 10.2 Å². The quantitative estimate of drug-likeness (QED) is 0.710. The first-order chi connectivity index (χ1) is 8.71. The molecule has 116 valence electrons. The van der Waals surface area contributed by atoms with E-state index < -0.39 is 21.5 Å². The average molecular weight is 325 g/mol. The fraction of sp³-hybridized carbons (Fsp3) is 0.909. The van der Waals surface area contributed by atoms with Gasteiger partial charge in [-0.25, -0.2) is 5.14 Å². The number of nitrogens with two attached hydrogens (primary N) is 1. The van der Waals surface area contributed by atoms with Crippen LogP contribution in [0.25, 0.3) is 0 Å². The van der Waals surface area contributed by atoms with Crippen molar-refractivity contribution in [1.29, 1.82) is 0 Å². The molecule has 0 aromatic carbocycles. The van der Waals surface area contributed by atoms with E-state index in [0.29, 0.717) is 19.3 Å². The van der Waals surface area contributed by atoms with Gasteiger partial charge in [0.1, 0.15) is 0 Å². The number of unbranched alkanes of at least 4 members (excludes halogenated alkanes) is 1. The summed E-state index contributed by atoms with van der Waals surface area (Å²) in [4.78, 5) is 11.4. The van der Waals surface area contributed by atoms with Gasteiger partial charge < -0.3 is 5.11 Å². The molecule has 1 unspecified atom stereocenters. The van der Waals surface area contributed by atoms with Gasteiger partial charge in [0.2, 0.25) is 0 Å². The lowest BCUT2D eigenvalue weighted by Gasteiger charge is -2.39. The van der Waals surface area contributed by atoms with Gasteiger partial charge in [0.05, 0.1) is 7.85 Å². The summed E-state index contributed by atoms with van der Waals surface area (Å²) in [5.74, 6) is -1.22. The van der Waals surface area contributed by atoms with Gasteiger partial charge in [-0.2, -0.15) is 12.7 Å². The van der Waals surface area contributed by atoms with Crippen LogP contribution in [0.2, 0.25) is 5.31 Å². The summed E-state index contributed by atoms with van der Waals surface area (Å²) < 4.78 is 23.6. The van der Waals surface area contributed by atoms with Gasteiger partial charge in [-0.1, -0.05) is 19.8 Å². The molecule has 1 aliphatic rings. The summed E-state index contributed by atoms with van der Waals surface area (Å²) >= 11 is 0. The highest BCUT2D eigenvalue weighted by Crippen LogP contribution is 2.43. The molecule has 2 radical (unpaired) electrons. The van der Waals surface area contributed by atoms with Gasteiger partial charge in [-0.05, 0) is 25.2 Å². The van der Waals surface area contributed by atoms with Gasteiger partial charge >= 0.3 is 5.97 Å². The number of aliphatic carboxylic acids is 1. The summed E-state index contributed by atoms with van der Waals surface area (Å²) in [6.45, 7) is 2.45. The molecule has 0 saturated carbocycles. The standard InChI is InChI=1S/C11H21BN2O4S.ClH/c1-2-3-6-11(12,10(15)16)9-4-7-14(8-5-9)19(13,17)18;/h9H,2-8H2,1H3,(H,15,16)(H2,13,17,18);1H. The highest BCUT2D eigenvalue weighted by atomic mass is 35.5. The largest absolute Gasteiger partial charge is 0.481 e. The van der Waals surface area contributed by atoms with E-state index in [9.17, 15) is 18.3 Å². The molecule has 6 nitrogen and oxygen atoms in total. The van der Waals surface area contributed by atoms with Crippen LogP contribution in [0.15, 0.2) is 0 Å². The number of carboxylic acids is 1. The van der Waals surface area contributed by atoms with Crippen LogP contribution in [0.3, 0.4) is 0 Å². The lowest BCUT2D eigenvalue weighted by Crippen LogP contribution is -2.46. The van der Waals surface area contributed by atoms with Crippen LogP contribution in [0.5, 0.6) is 0 Å². The maximum atomic E-state index is 11.4. The molecule has 0 spiro atoms. The minimum absolute atomic E-state index is 0. The van der Waals surface area contributed by atoms with Crippen molar-refractivity contribution in [1.82, 2.24) is 4.31 Å². The normalized spacial score (nSPS) is 20.9. The fourth-order valence-electron chi connectivity index (χ4n) is 2.58. The molecule has 3 N–H and O–H groups in total. The van der Waals surface area contributed by atoms with Crippen molar-refractivity contribution in [2.75, 3.05) is 13.1 Å². The molecule has 1 aliphatic heterocycles. The molecule has 0 amide bonds. The molecule has 1 fully saturated rings. The number of carboxylic acid groups (broad SMARTS) is 1. The first-order valence-corrected chi connectivity index (χ1v) is 8.02. The predicted octanol–water partition coefficient (Wildman–Crippen LogP) is 0.926. The lowest BCUT2D eigenvalue weighted by atomic mass is 9.56. The molecule has 1 heterocycles. The number of nitrogens with zero attached hydrogens (tertiary/aromatic N) is 1. The van der Waals surface area contributed by atoms with Gasteiger partial charge in [0, 0.05) is 18.4 Å². The second-order valence-electron chi connectivity index (χ2n) is 5.17. The maximum Gasteiger partial charge on any atom is 0.300 e. The van der Waals surface area contributed by atoms with Crippen LogP contribution in [-0.4, -0.2) is 44.7 Å². The smallest absolute Gasteiger partial charge is 0.300 e. The number of hydrogen-bond acceptors (Lipinski definition) is 3. The van der Waals surface area contributed by atoms with Crippen LogP contribution in [0.1, 0.15) is 39.0 Å². The average Bonchev–Trinajstić information content (AvgIpc) is 2.34. The first kappa shape index (κ1) is 19.7. The molecule has 20 heavy (non-hydrogen) atoms. The van der Waals surface area contributed by atoms with E-state index in [-0.39, 0.29) is 31.4 Å². The van der Waals surface area contributed by atoms with E-state index >= 15 is 0 Å². The molecule has 1 saturated heterocycles. The van der Waals surface area contributed by atoms with E-state index in [0.717, 1.165) is 12.8 Å². The van der Waals surface area contributed by atoms with Crippen molar-refractivity contribution < 1.29 is 18.3 Å². The van der Waals surface area contributed by atoms with Crippen LogP contribution >= 0.6 is 12.4 Å². The zero-order chi connectivity index (χ0) is 14.7. The highest BCUT2D eigenvalue weighted by molar-refractivity contribution is 7.86. The Labute approximate surface area is 128 Å². The predicted molar refractivity (Wildman–Crippen MR) is 80.3 cm³/mol. The molecule has 0 aromatic rings. The highest BCUT2D eigenvalue weighted by Gasteiger charge is 2.42. The number of carbonyl (C=O) groups is 1. The third-order valence-electron chi connectivity index (χ3n) is 3.88. The van der Waals surface area contributed by atoms with Crippen molar-refractivity contribution >= 4 is 36.4 Å². The van der Waals surface area contributed by atoms with Crippen molar-refractivity contribution in [3.8, 4) is 0 Å². The zero-order valence-electron chi connectivity index (χ0n) is 11.6. The molecular formula is C11H22BClN2O4S. The molecule has 1 atom stereocenters. The second kappa shape index (κ2) is 7.63. The Balaban J connectivity index is 0.00000361. The van der Waals surface area contributed by atoms with Crippen LogP contribution in [0, 0.1) is 5.92 Å². The second-order valence-corrected chi connectivity index (χ2v) is 6.71. The summed E-state index contributed by atoms with van der Waals surface area (Å²) in [6.07, 6.45) is 2.91. The summed E-state index contributed by atoms with van der Waals surface area (Å²) in [5, 5.41) is 13.1. The van der Waals surface area contributed by atoms with Gasteiger partial charge in [0.15, 0.2) is 0 Å². The lowest BCUT2D eigenvalue weighted by molar-refractivity contribution is -0.143. The monoisotopic (exact) mass is 324 g/mol. The Kier molecular flexibility index (Phi) is 7.52. The molecule has 0 aromatic heterocycles. The van der Waals surface area contributed by atoms with Crippen LogP contribution in [0.4, 0.5) is 0 Å². The van der Waals surface area contributed by atoms with Gasteiger partial charge in [-0.3, -0.25) is 4.79 Å². The van der Waals surface area contributed by atoms with Gasteiger partial charge in [-0.15, -0.1) is 12.4 Å². The summed E-state index contributed by atoms with van der Waals surface area (Å²) in [7, 11) is 2.37. The Hall–Kier alpha value is -0.305. The van der Waals surface area contributed by atoms with E-state index in [1.54, 1.807) is 0 Å². The summed E-state index contributed by atoms with van der Waals surface area (Å²) in [6, 6.07) is 0. The molecular weight excluding hydrogens is 302 g/mol. The number of halogens is 1. The van der Waals surface area contributed by atoms with E-state index in [2.05, 4.69) is 0 Å². The van der Waals surface area contributed by atoms with E-state index in [1.807, 2.05) is 6.92 Å². The summed E-state index contributed by atoms with van der Waals surface area (Å²) in [5.41, 5.74) is 0. The molecule has 0 bridgehead atoms. The molecule has 1 rings (SSSR count). The van der Waals surface area contributed by atoms with Crippen LogP contribution in [-0.2, 0) is 15.0 Å².